The average Bonchev–Trinajstić information content (AvgIpc) is 3.34. The number of benzene rings is 3. The summed E-state index contributed by atoms with van der Waals surface area (Å²) in [6.45, 7) is 5.34. The third-order valence-corrected chi connectivity index (χ3v) is 7.05. The highest BCUT2D eigenvalue weighted by atomic mass is 79.9. The Morgan fingerprint density at radius 3 is 2.51 bits per heavy atom. The maximum absolute atomic E-state index is 13.6. The van der Waals surface area contributed by atoms with Gasteiger partial charge in [0, 0.05) is 47.8 Å². The fourth-order valence-corrected chi connectivity index (χ4v) is 5.13. The summed E-state index contributed by atoms with van der Waals surface area (Å²) in [4.78, 5) is 27.7. The second-order valence-corrected chi connectivity index (χ2v) is 11.0. The molecule has 8 heteroatoms. The van der Waals surface area contributed by atoms with Gasteiger partial charge in [-0.05, 0) is 62.1 Å². The van der Waals surface area contributed by atoms with E-state index in [-0.39, 0.29) is 17.9 Å². The highest BCUT2D eigenvalue weighted by Crippen LogP contribution is 2.28. The Labute approximate surface area is 238 Å². The molecule has 206 valence electrons. The SMILES string of the molecule is CC(C)Oc1cc(C(=O)N[C@@H](Cc2ccccc2)[C@H](O)CNCc2cccc(Br)c2)cc(N2CCCC2=O)c1. The first-order chi connectivity index (χ1) is 18.8. The Balaban J connectivity index is 1.52. The van der Waals surface area contributed by atoms with Gasteiger partial charge in [-0.25, -0.2) is 0 Å². The minimum Gasteiger partial charge on any atom is -0.491 e. The van der Waals surface area contributed by atoms with Gasteiger partial charge in [0.25, 0.3) is 5.91 Å². The molecule has 4 rings (SSSR count). The van der Waals surface area contributed by atoms with Crippen LogP contribution in [0.4, 0.5) is 5.69 Å². The topological polar surface area (TPSA) is 90.9 Å². The van der Waals surface area contributed by atoms with Crippen LogP contribution in [0.15, 0.2) is 77.3 Å². The van der Waals surface area contributed by atoms with Crippen LogP contribution >= 0.6 is 15.9 Å². The van der Waals surface area contributed by atoms with Crippen LogP contribution in [0.2, 0.25) is 0 Å². The van der Waals surface area contributed by atoms with Gasteiger partial charge in [0.15, 0.2) is 0 Å². The number of hydrogen-bond acceptors (Lipinski definition) is 5. The molecule has 1 aliphatic rings. The minimum atomic E-state index is -0.837. The second kappa shape index (κ2) is 13.7. The zero-order valence-electron chi connectivity index (χ0n) is 22.4. The van der Waals surface area contributed by atoms with Crippen molar-refractivity contribution in [3.63, 3.8) is 0 Å². The van der Waals surface area contributed by atoms with Crippen LogP contribution in [-0.2, 0) is 17.8 Å². The van der Waals surface area contributed by atoms with E-state index in [0.717, 1.165) is 22.0 Å². The summed E-state index contributed by atoms with van der Waals surface area (Å²) in [5.41, 5.74) is 3.13. The smallest absolute Gasteiger partial charge is 0.251 e. The first-order valence-electron chi connectivity index (χ1n) is 13.4. The molecule has 0 radical (unpaired) electrons. The Kier molecular flexibility index (Phi) is 10.1. The van der Waals surface area contributed by atoms with E-state index in [0.29, 0.717) is 49.5 Å². The quantitative estimate of drug-likeness (QED) is 0.279. The van der Waals surface area contributed by atoms with E-state index in [1.54, 1.807) is 17.0 Å². The van der Waals surface area contributed by atoms with Crippen molar-refractivity contribution in [1.29, 1.82) is 0 Å². The number of rotatable bonds is 12. The lowest BCUT2D eigenvalue weighted by atomic mass is 10.00. The summed E-state index contributed by atoms with van der Waals surface area (Å²) in [5, 5.41) is 17.5. The van der Waals surface area contributed by atoms with Gasteiger partial charge in [0.1, 0.15) is 5.75 Å². The van der Waals surface area contributed by atoms with Gasteiger partial charge in [-0.15, -0.1) is 0 Å². The van der Waals surface area contributed by atoms with Crippen LogP contribution in [0.1, 0.15) is 48.2 Å². The molecule has 1 heterocycles. The first kappa shape index (κ1) is 28.8. The monoisotopic (exact) mass is 593 g/mol. The minimum absolute atomic E-state index is 0.0388. The molecule has 0 aliphatic carbocycles. The van der Waals surface area contributed by atoms with Gasteiger partial charge in [-0.3, -0.25) is 9.59 Å². The molecule has 1 fully saturated rings. The number of carbonyl (C=O) groups excluding carboxylic acids is 2. The Hall–Kier alpha value is -3.20. The molecule has 3 aromatic rings. The Morgan fingerprint density at radius 1 is 1.05 bits per heavy atom. The first-order valence-corrected chi connectivity index (χ1v) is 14.2. The lowest BCUT2D eigenvalue weighted by molar-refractivity contribution is -0.117. The number of ether oxygens (including phenoxy) is 1. The lowest BCUT2D eigenvalue weighted by Gasteiger charge is -2.26. The standard InChI is InChI=1S/C31H36BrN3O4/c1-21(2)39-27-17-24(16-26(18-27)35-13-7-12-30(35)37)31(38)34-28(15-22-8-4-3-5-9-22)29(36)20-33-19-23-10-6-11-25(32)14-23/h3-6,8-11,14,16-18,21,28-29,33,36H,7,12-13,15,19-20H2,1-2H3,(H,34,38)/t28-,29+/m0/s1. The fraction of sp³-hybridized carbons (Fsp3) is 0.355. The molecule has 1 aliphatic heterocycles. The molecule has 2 amide bonds. The highest BCUT2D eigenvalue weighted by Gasteiger charge is 2.26. The molecule has 0 bridgehead atoms. The lowest BCUT2D eigenvalue weighted by Crippen LogP contribution is -2.48. The third kappa shape index (κ3) is 8.39. The molecule has 1 saturated heterocycles. The van der Waals surface area contributed by atoms with E-state index in [1.165, 1.54) is 0 Å². The number of aliphatic hydroxyl groups is 1. The average molecular weight is 595 g/mol. The number of hydrogen-bond donors (Lipinski definition) is 3. The van der Waals surface area contributed by atoms with E-state index in [2.05, 4.69) is 26.6 Å². The van der Waals surface area contributed by atoms with E-state index in [9.17, 15) is 14.7 Å². The molecule has 0 spiro atoms. The molecule has 7 nitrogen and oxygen atoms in total. The summed E-state index contributed by atoms with van der Waals surface area (Å²) in [7, 11) is 0. The van der Waals surface area contributed by atoms with Crippen molar-refractivity contribution in [3.8, 4) is 5.75 Å². The number of anilines is 1. The van der Waals surface area contributed by atoms with Gasteiger partial charge in [0.2, 0.25) is 5.91 Å². The van der Waals surface area contributed by atoms with Crippen molar-refractivity contribution in [2.24, 2.45) is 0 Å². The summed E-state index contributed by atoms with van der Waals surface area (Å²) in [6.07, 6.45) is 0.819. The molecular formula is C31H36BrN3O4. The molecule has 0 unspecified atom stereocenters. The molecule has 3 aromatic carbocycles. The second-order valence-electron chi connectivity index (χ2n) is 10.1. The molecule has 0 aromatic heterocycles. The van der Waals surface area contributed by atoms with Gasteiger partial charge in [-0.1, -0.05) is 58.4 Å². The van der Waals surface area contributed by atoms with E-state index in [1.807, 2.05) is 74.5 Å². The Bertz CT molecular complexity index is 1270. The number of nitrogens with zero attached hydrogens (tertiary/aromatic N) is 1. The summed E-state index contributed by atoms with van der Waals surface area (Å²) >= 11 is 3.49. The normalized spacial score (nSPS) is 14.9. The molecular weight excluding hydrogens is 558 g/mol. The van der Waals surface area contributed by atoms with Gasteiger partial charge >= 0.3 is 0 Å². The maximum atomic E-state index is 13.6. The van der Waals surface area contributed by atoms with Crippen molar-refractivity contribution in [2.75, 3.05) is 18.0 Å². The number of halogens is 1. The predicted octanol–water partition coefficient (Wildman–Crippen LogP) is 4.85. The number of aliphatic hydroxyl groups excluding tert-OH is 1. The van der Waals surface area contributed by atoms with Gasteiger partial charge in [0.05, 0.1) is 18.2 Å². The molecule has 2 atom stereocenters. The predicted molar refractivity (Wildman–Crippen MR) is 157 cm³/mol. The van der Waals surface area contributed by atoms with Crippen LogP contribution in [-0.4, -0.2) is 48.3 Å². The van der Waals surface area contributed by atoms with Crippen LogP contribution in [0.5, 0.6) is 5.75 Å². The molecule has 39 heavy (non-hydrogen) atoms. The number of amides is 2. The molecule has 0 saturated carbocycles. The fourth-order valence-electron chi connectivity index (χ4n) is 4.69. The van der Waals surface area contributed by atoms with Crippen molar-refractivity contribution >= 4 is 33.4 Å². The zero-order valence-corrected chi connectivity index (χ0v) is 24.0. The zero-order chi connectivity index (χ0) is 27.8. The van der Waals surface area contributed by atoms with Gasteiger partial charge < -0.3 is 25.4 Å². The summed E-state index contributed by atoms with van der Waals surface area (Å²) < 4.78 is 6.91. The van der Waals surface area contributed by atoms with Crippen LogP contribution in [0, 0.1) is 0 Å². The van der Waals surface area contributed by atoms with Gasteiger partial charge in [-0.2, -0.15) is 0 Å². The van der Waals surface area contributed by atoms with E-state index >= 15 is 0 Å². The third-order valence-electron chi connectivity index (χ3n) is 6.56. The van der Waals surface area contributed by atoms with Crippen molar-refractivity contribution < 1.29 is 19.4 Å². The van der Waals surface area contributed by atoms with E-state index < -0.39 is 12.1 Å². The maximum Gasteiger partial charge on any atom is 0.251 e. The number of nitrogens with one attached hydrogen (secondary N) is 2. The summed E-state index contributed by atoms with van der Waals surface area (Å²) in [5.74, 6) is 0.240. The largest absolute Gasteiger partial charge is 0.491 e. The van der Waals surface area contributed by atoms with Crippen LogP contribution in [0.25, 0.3) is 0 Å². The highest BCUT2D eigenvalue weighted by molar-refractivity contribution is 9.10. The van der Waals surface area contributed by atoms with Crippen molar-refractivity contribution in [2.45, 2.75) is 57.9 Å². The van der Waals surface area contributed by atoms with Crippen LogP contribution < -0.4 is 20.3 Å². The summed E-state index contributed by atoms with van der Waals surface area (Å²) in [6, 6.07) is 22.4. The molecule has 3 N–H and O–H groups in total. The van der Waals surface area contributed by atoms with E-state index in [4.69, 9.17) is 4.74 Å². The number of carbonyl (C=O) groups is 2. The van der Waals surface area contributed by atoms with Crippen molar-refractivity contribution in [1.82, 2.24) is 10.6 Å². The Morgan fingerprint density at radius 2 is 1.82 bits per heavy atom. The van der Waals surface area contributed by atoms with Crippen molar-refractivity contribution in [3.05, 3.63) is 94.0 Å². The van der Waals surface area contributed by atoms with Crippen LogP contribution in [0.3, 0.4) is 0 Å².